The standard InChI is InChI=1S/C10H10FI/c11-10-8-4-2-1-3-7(8)5-6-9(10)12/h1-4,9-10H,5-6H2/t9-,10-/m1/s1. The van der Waals surface area contributed by atoms with Crippen molar-refractivity contribution in [1.82, 2.24) is 0 Å². The lowest BCUT2D eigenvalue weighted by atomic mass is 9.90. The summed E-state index contributed by atoms with van der Waals surface area (Å²) in [6.45, 7) is 0. The number of alkyl halides is 2. The van der Waals surface area contributed by atoms with Crippen molar-refractivity contribution in [1.29, 1.82) is 0 Å². The summed E-state index contributed by atoms with van der Waals surface area (Å²) in [7, 11) is 0. The molecule has 0 spiro atoms. The molecule has 0 radical (unpaired) electrons. The van der Waals surface area contributed by atoms with Gasteiger partial charge in [0.25, 0.3) is 0 Å². The maximum absolute atomic E-state index is 13.6. The Labute approximate surface area is 85.3 Å². The van der Waals surface area contributed by atoms with E-state index >= 15 is 0 Å². The molecule has 0 aromatic heterocycles. The average Bonchev–Trinajstić information content (AvgIpc) is 2.12. The van der Waals surface area contributed by atoms with E-state index in [9.17, 15) is 4.39 Å². The molecule has 0 nitrogen and oxygen atoms in total. The molecule has 0 aliphatic heterocycles. The van der Waals surface area contributed by atoms with Gasteiger partial charge in [0.05, 0.1) is 0 Å². The zero-order valence-corrected chi connectivity index (χ0v) is 8.79. The van der Waals surface area contributed by atoms with Crippen molar-refractivity contribution >= 4 is 22.6 Å². The van der Waals surface area contributed by atoms with Gasteiger partial charge in [0.2, 0.25) is 0 Å². The number of aryl methyl sites for hydroxylation is 1. The molecule has 2 atom stereocenters. The maximum Gasteiger partial charge on any atom is 0.137 e. The Balaban J connectivity index is 2.42. The van der Waals surface area contributed by atoms with Crippen LogP contribution in [0.15, 0.2) is 24.3 Å². The van der Waals surface area contributed by atoms with Crippen LogP contribution in [0.3, 0.4) is 0 Å². The summed E-state index contributed by atoms with van der Waals surface area (Å²) >= 11 is 2.20. The Morgan fingerprint density at radius 1 is 1.33 bits per heavy atom. The van der Waals surface area contributed by atoms with Gasteiger partial charge in [-0.1, -0.05) is 46.9 Å². The molecule has 0 N–H and O–H groups in total. The van der Waals surface area contributed by atoms with Gasteiger partial charge in [0, 0.05) is 3.92 Å². The minimum atomic E-state index is -0.754. The van der Waals surface area contributed by atoms with Crippen LogP contribution in [0.4, 0.5) is 4.39 Å². The van der Waals surface area contributed by atoms with E-state index in [1.807, 2.05) is 24.3 Å². The quantitative estimate of drug-likeness (QED) is 0.503. The van der Waals surface area contributed by atoms with Crippen LogP contribution in [0, 0.1) is 0 Å². The fourth-order valence-electron chi connectivity index (χ4n) is 1.67. The van der Waals surface area contributed by atoms with Gasteiger partial charge in [-0.25, -0.2) is 4.39 Å². The minimum Gasteiger partial charge on any atom is -0.241 e. The van der Waals surface area contributed by atoms with Gasteiger partial charge < -0.3 is 0 Å². The molecule has 1 aliphatic rings. The zero-order chi connectivity index (χ0) is 8.55. The Kier molecular flexibility index (Phi) is 2.35. The second-order valence-corrected chi connectivity index (χ2v) is 4.76. The third-order valence-electron chi connectivity index (χ3n) is 2.36. The van der Waals surface area contributed by atoms with Crippen molar-refractivity contribution in [3.05, 3.63) is 35.4 Å². The van der Waals surface area contributed by atoms with Crippen LogP contribution in [0.25, 0.3) is 0 Å². The number of halogens is 2. The van der Waals surface area contributed by atoms with Crippen LogP contribution in [-0.2, 0) is 6.42 Å². The number of hydrogen-bond acceptors (Lipinski definition) is 0. The SMILES string of the molecule is F[C@@H]1c2ccccc2CC[C@H]1I. The van der Waals surface area contributed by atoms with Crippen molar-refractivity contribution in [2.45, 2.75) is 22.9 Å². The average molecular weight is 276 g/mol. The lowest BCUT2D eigenvalue weighted by molar-refractivity contribution is 0.320. The third kappa shape index (κ3) is 1.37. The maximum atomic E-state index is 13.6. The van der Waals surface area contributed by atoms with E-state index in [1.54, 1.807) is 0 Å². The van der Waals surface area contributed by atoms with E-state index in [-0.39, 0.29) is 3.92 Å². The molecule has 1 aromatic rings. The summed E-state index contributed by atoms with van der Waals surface area (Å²) in [4.78, 5) is 0. The van der Waals surface area contributed by atoms with Gasteiger partial charge in [-0.05, 0) is 24.0 Å². The van der Waals surface area contributed by atoms with Gasteiger partial charge >= 0.3 is 0 Å². The first-order chi connectivity index (χ1) is 5.79. The molecule has 0 amide bonds. The van der Waals surface area contributed by atoms with Gasteiger partial charge in [-0.15, -0.1) is 0 Å². The molecule has 2 heteroatoms. The molecule has 0 fully saturated rings. The van der Waals surface area contributed by atoms with Crippen LogP contribution < -0.4 is 0 Å². The highest BCUT2D eigenvalue weighted by Gasteiger charge is 2.26. The van der Waals surface area contributed by atoms with Gasteiger partial charge in [-0.3, -0.25) is 0 Å². The van der Waals surface area contributed by atoms with Crippen LogP contribution in [-0.4, -0.2) is 3.92 Å². The molecule has 1 aromatic carbocycles. The molecular weight excluding hydrogens is 266 g/mol. The van der Waals surface area contributed by atoms with Crippen molar-refractivity contribution in [3.8, 4) is 0 Å². The van der Waals surface area contributed by atoms with Crippen molar-refractivity contribution in [2.75, 3.05) is 0 Å². The molecular formula is C10H10FI. The Morgan fingerprint density at radius 3 is 2.92 bits per heavy atom. The largest absolute Gasteiger partial charge is 0.241 e. The van der Waals surface area contributed by atoms with E-state index in [0.717, 1.165) is 18.4 Å². The first-order valence-corrected chi connectivity index (χ1v) is 5.39. The van der Waals surface area contributed by atoms with Crippen LogP contribution in [0.5, 0.6) is 0 Å². The lowest BCUT2D eigenvalue weighted by Crippen LogP contribution is -2.16. The summed E-state index contributed by atoms with van der Waals surface area (Å²) in [5, 5.41) is 0. The van der Waals surface area contributed by atoms with Crippen molar-refractivity contribution in [3.63, 3.8) is 0 Å². The molecule has 0 saturated heterocycles. The van der Waals surface area contributed by atoms with Gasteiger partial charge in [-0.2, -0.15) is 0 Å². The molecule has 0 unspecified atom stereocenters. The van der Waals surface area contributed by atoms with Crippen LogP contribution in [0.1, 0.15) is 23.7 Å². The highest BCUT2D eigenvalue weighted by molar-refractivity contribution is 14.1. The summed E-state index contributed by atoms with van der Waals surface area (Å²) in [5.74, 6) is 0. The number of rotatable bonds is 0. The monoisotopic (exact) mass is 276 g/mol. The van der Waals surface area contributed by atoms with E-state index in [0.29, 0.717) is 0 Å². The number of fused-ring (bicyclic) bond motifs is 1. The van der Waals surface area contributed by atoms with E-state index in [2.05, 4.69) is 22.6 Å². The predicted octanol–water partition coefficient (Wildman–Crippen LogP) is 3.45. The fourth-order valence-corrected chi connectivity index (χ4v) is 2.36. The summed E-state index contributed by atoms with van der Waals surface area (Å²) < 4.78 is 13.7. The molecule has 0 heterocycles. The Bertz CT molecular complexity index is 285. The van der Waals surface area contributed by atoms with E-state index in [4.69, 9.17) is 0 Å². The Hall–Kier alpha value is -0.120. The fraction of sp³-hybridized carbons (Fsp3) is 0.400. The molecule has 1 aliphatic carbocycles. The van der Waals surface area contributed by atoms with Crippen LogP contribution >= 0.6 is 22.6 Å². The van der Waals surface area contributed by atoms with Crippen LogP contribution in [0.2, 0.25) is 0 Å². The molecule has 12 heavy (non-hydrogen) atoms. The van der Waals surface area contributed by atoms with E-state index in [1.165, 1.54) is 5.56 Å². The Morgan fingerprint density at radius 2 is 2.08 bits per heavy atom. The lowest BCUT2D eigenvalue weighted by Gasteiger charge is -2.23. The van der Waals surface area contributed by atoms with Gasteiger partial charge in [0.1, 0.15) is 6.17 Å². The predicted molar refractivity (Wildman–Crippen MR) is 56.4 cm³/mol. The van der Waals surface area contributed by atoms with Crippen molar-refractivity contribution in [2.24, 2.45) is 0 Å². The third-order valence-corrected chi connectivity index (χ3v) is 3.61. The molecule has 0 saturated carbocycles. The minimum absolute atomic E-state index is 0.164. The molecule has 64 valence electrons. The number of hydrogen-bond donors (Lipinski definition) is 0. The highest BCUT2D eigenvalue weighted by atomic mass is 127. The van der Waals surface area contributed by atoms with Gasteiger partial charge in [0.15, 0.2) is 0 Å². The summed E-state index contributed by atoms with van der Waals surface area (Å²) in [6.07, 6.45) is 1.25. The normalized spacial score (nSPS) is 28.2. The topological polar surface area (TPSA) is 0 Å². The summed E-state index contributed by atoms with van der Waals surface area (Å²) in [6, 6.07) is 7.84. The second-order valence-electron chi connectivity index (χ2n) is 3.16. The second kappa shape index (κ2) is 3.32. The zero-order valence-electron chi connectivity index (χ0n) is 6.63. The smallest absolute Gasteiger partial charge is 0.137 e. The van der Waals surface area contributed by atoms with E-state index < -0.39 is 6.17 Å². The molecule has 2 rings (SSSR count). The highest BCUT2D eigenvalue weighted by Crippen LogP contribution is 2.36. The number of benzene rings is 1. The first-order valence-electron chi connectivity index (χ1n) is 4.15. The van der Waals surface area contributed by atoms with Crippen molar-refractivity contribution < 1.29 is 4.39 Å². The molecule has 0 bridgehead atoms. The first kappa shape index (κ1) is 8.48. The summed E-state index contributed by atoms with van der Waals surface area (Å²) in [5.41, 5.74) is 2.10.